The van der Waals surface area contributed by atoms with Crippen LogP contribution in [0.1, 0.15) is 26.7 Å². The Morgan fingerprint density at radius 2 is 2.05 bits per heavy atom. The predicted molar refractivity (Wildman–Crippen MR) is 78.3 cm³/mol. The Morgan fingerprint density at radius 1 is 1.37 bits per heavy atom. The highest BCUT2D eigenvalue weighted by Crippen LogP contribution is 2.32. The van der Waals surface area contributed by atoms with E-state index >= 15 is 0 Å². The summed E-state index contributed by atoms with van der Waals surface area (Å²) in [7, 11) is 1.74. The molecule has 2 aliphatic heterocycles. The van der Waals surface area contributed by atoms with Crippen molar-refractivity contribution in [3.8, 4) is 0 Å². The fourth-order valence-corrected chi connectivity index (χ4v) is 3.27. The lowest BCUT2D eigenvalue weighted by molar-refractivity contribution is 0.0631. The van der Waals surface area contributed by atoms with Gasteiger partial charge >= 0.3 is 0 Å². The number of aliphatic imine (C=N–C) groups is 1. The van der Waals surface area contributed by atoms with Crippen LogP contribution in [0, 0.1) is 5.92 Å². The maximum atomic E-state index is 6.05. The van der Waals surface area contributed by atoms with Crippen LogP contribution >= 0.6 is 0 Å². The summed E-state index contributed by atoms with van der Waals surface area (Å²) in [5, 5.41) is 0. The molecule has 1 spiro atoms. The van der Waals surface area contributed by atoms with Crippen molar-refractivity contribution < 1.29 is 4.74 Å². The van der Waals surface area contributed by atoms with E-state index in [0.29, 0.717) is 12.6 Å². The molecule has 19 heavy (non-hydrogen) atoms. The number of rotatable bonds is 5. The SMILES string of the molecule is COCCN1C(N)=NCC12CCN(CC(C)C)CC2. The van der Waals surface area contributed by atoms with E-state index in [1.54, 1.807) is 7.11 Å². The van der Waals surface area contributed by atoms with Crippen LogP contribution in [0.25, 0.3) is 0 Å². The van der Waals surface area contributed by atoms with Crippen LogP contribution in [0.5, 0.6) is 0 Å². The van der Waals surface area contributed by atoms with E-state index in [4.69, 9.17) is 10.5 Å². The molecule has 110 valence electrons. The molecule has 5 heteroatoms. The summed E-state index contributed by atoms with van der Waals surface area (Å²) in [5.74, 6) is 1.44. The van der Waals surface area contributed by atoms with Crippen LogP contribution in [0.2, 0.25) is 0 Å². The first-order valence-corrected chi connectivity index (χ1v) is 7.36. The third kappa shape index (κ3) is 3.20. The minimum Gasteiger partial charge on any atom is -0.383 e. The molecule has 2 heterocycles. The van der Waals surface area contributed by atoms with Crippen molar-refractivity contribution in [3.05, 3.63) is 0 Å². The lowest BCUT2D eigenvalue weighted by Gasteiger charge is -2.45. The Hall–Kier alpha value is -0.810. The molecule has 0 aromatic carbocycles. The van der Waals surface area contributed by atoms with Gasteiger partial charge < -0.3 is 20.3 Å². The van der Waals surface area contributed by atoms with E-state index in [2.05, 4.69) is 28.6 Å². The number of hydrogen-bond donors (Lipinski definition) is 1. The smallest absolute Gasteiger partial charge is 0.191 e. The zero-order chi connectivity index (χ0) is 13.9. The number of nitrogens with two attached hydrogens (primary N) is 1. The van der Waals surface area contributed by atoms with Crippen molar-refractivity contribution in [2.75, 3.05) is 46.4 Å². The van der Waals surface area contributed by atoms with E-state index in [-0.39, 0.29) is 5.54 Å². The second-order valence-corrected chi connectivity index (χ2v) is 6.24. The van der Waals surface area contributed by atoms with Crippen LogP contribution < -0.4 is 5.73 Å². The molecule has 1 saturated heterocycles. The number of methoxy groups -OCH3 is 1. The van der Waals surface area contributed by atoms with Gasteiger partial charge in [-0.1, -0.05) is 13.8 Å². The highest BCUT2D eigenvalue weighted by molar-refractivity contribution is 5.81. The van der Waals surface area contributed by atoms with E-state index < -0.39 is 0 Å². The highest BCUT2D eigenvalue weighted by atomic mass is 16.5. The van der Waals surface area contributed by atoms with Gasteiger partial charge in [0.1, 0.15) is 0 Å². The van der Waals surface area contributed by atoms with Gasteiger partial charge in [-0.05, 0) is 18.8 Å². The molecule has 2 rings (SSSR count). The molecule has 0 aliphatic carbocycles. The maximum Gasteiger partial charge on any atom is 0.191 e. The maximum absolute atomic E-state index is 6.05. The van der Waals surface area contributed by atoms with Gasteiger partial charge in [-0.25, -0.2) is 0 Å². The molecular weight excluding hydrogens is 240 g/mol. The topological polar surface area (TPSA) is 54.1 Å². The predicted octanol–water partition coefficient (Wildman–Crippen LogP) is 0.754. The first-order chi connectivity index (χ1) is 9.07. The van der Waals surface area contributed by atoms with Gasteiger partial charge in [-0.2, -0.15) is 0 Å². The number of ether oxygens (including phenoxy) is 1. The van der Waals surface area contributed by atoms with Crippen molar-refractivity contribution in [3.63, 3.8) is 0 Å². The Kier molecular flexibility index (Phi) is 4.68. The molecule has 0 amide bonds. The summed E-state index contributed by atoms with van der Waals surface area (Å²) < 4.78 is 5.20. The van der Waals surface area contributed by atoms with Crippen molar-refractivity contribution in [1.29, 1.82) is 0 Å². The van der Waals surface area contributed by atoms with E-state index in [9.17, 15) is 0 Å². The number of guanidine groups is 1. The zero-order valence-electron chi connectivity index (χ0n) is 12.6. The summed E-state index contributed by atoms with van der Waals surface area (Å²) in [6.07, 6.45) is 2.32. The van der Waals surface area contributed by atoms with Gasteiger partial charge in [0.25, 0.3) is 0 Å². The standard InChI is InChI=1S/C14H28N4O/c1-12(2)10-17-6-4-14(5-7-17)11-16-13(15)18(14)8-9-19-3/h12H,4-11H2,1-3H3,(H2,15,16). The quantitative estimate of drug-likeness (QED) is 0.799. The molecule has 0 unspecified atom stereocenters. The highest BCUT2D eigenvalue weighted by Gasteiger charge is 2.43. The first kappa shape index (κ1) is 14.6. The van der Waals surface area contributed by atoms with Crippen LogP contribution in [-0.2, 0) is 4.74 Å². The van der Waals surface area contributed by atoms with E-state index in [1.807, 2.05) is 0 Å². The normalized spacial score (nSPS) is 23.4. The Bertz CT molecular complexity index is 321. The molecular formula is C14H28N4O. The van der Waals surface area contributed by atoms with Gasteiger partial charge in [0.05, 0.1) is 18.7 Å². The molecule has 0 bridgehead atoms. The zero-order valence-corrected chi connectivity index (χ0v) is 12.6. The summed E-state index contributed by atoms with van der Waals surface area (Å²) >= 11 is 0. The van der Waals surface area contributed by atoms with Gasteiger partial charge in [0, 0.05) is 33.3 Å². The summed E-state index contributed by atoms with van der Waals surface area (Å²) in [6, 6.07) is 0. The molecule has 0 aromatic rings. The van der Waals surface area contributed by atoms with E-state index in [1.165, 1.54) is 6.54 Å². The van der Waals surface area contributed by atoms with Crippen LogP contribution in [-0.4, -0.2) is 67.7 Å². The third-order valence-corrected chi connectivity index (χ3v) is 4.31. The van der Waals surface area contributed by atoms with Crippen LogP contribution in [0.15, 0.2) is 4.99 Å². The second kappa shape index (κ2) is 6.09. The van der Waals surface area contributed by atoms with Crippen LogP contribution in [0.3, 0.4) is 0 Å². The average Bonchev–Trinajstić information content (AvgIpc) is 2.67. The van der Waals surface area contributed by atoms with Crippen molar-refractivity contribution in [2.45, 2.75) is 32.2 Å². The molecule has 1 fully saturated rings. The molecule has 0 saturated carbocycles. The Morgan fingerprint density at radius 3 is 2.63 bits per heavy atom. The Balaban J connectivity index is 1.93. The minimum absolute atomic E-state index is 0.163. The average molecular weight is 268 g/mol. The van der Waals surface area contributed by atoms with Crippen LogP contribution in [0.4, 0.5) is 0 Å². The molecule has 2 N–H and O–H groups in total. The number of likely N-dealkylation sites (tertiary alicyclic amines) is 1. The van der Waals surface area contributed by atoms with Crippen molar-refractivity contribution in [2.24, 2.45) is 16.6 Å². The fraction of sp³-hybridized carbons (Fsp3) is 0.929. The lowest BCUT2D eigenvalue weighted by atomic mass is 9.86. The second-order valence-electron chi connectivity index (χ2n) is 6.24. The lowest BCUT2D eigenvalue weighted by Crippen LogP contribution is -2.58. The van der Waals surface area contributed by atoms with Crippen molar-refractivity contribution in [1.82, 2.24) is 9.80 Å². The van der Waals surface area contributed by atoms with Gasteiger partial charge in [0.2, 0.25) is 0 Å². The van der Waals surface area contributed by atoms with Gasteiger partial charge in [0.15, 0.2) is 5.96 Å². The third-order valence-electron chi connectivity index (χ3n) is 4.31. The minimum atomic E-state index is 0.163. The molecule has 2 aliphatic rings. The van der Waals surface area contributed by atoms with E-state index in [0.717, 1.165) is 44.9 Å². The number of piperidine rings is 1. The Labute approximate surface area is 116 Å². The number of hydrogen-bond acceptors (Lipinski definition) is 5. The monoisotopic (exact) mass is 268 g/mol. The molecule has 0 aromatic heterocycles. The van der Waals surface area contributed by atoms with Gasteiger partial charge in [-0.3, -0.25) is 4.99 Å². The number of nitrogens with zero attached hydrogens (tertiary/aromatic N) is 3. The molecule has 0 atom stereocenters. The summed E-state index contributed by atoms with van der Waals surface area (Å²) in [5.41, 5.74) is 6.21. The summed E-state index contributed by atoms with van der Waals surface area (Å²) in [4.78, 5) is 9.33. The largest absolute Gasteiger partial charge is 0.383 e. The summed E-state index contributed by atoms with van der Waals surface area (Å²) in [6.45, 7) is 10.5. The molecule has 0 radical (unpaired) electrons. The van der Waals surface area contributed by atoms with Crippen molar-refractivity contribution >= 4 is 5.96 Å². The first-order valence-electron chi connectivity index (χ1n) is 7.36. The molecule has 5 nitrogen and oxygen atoms in total. The fourth-order valence-electron chi connectivity index (χ4n) is 3.27. The van der Waals surface area contributed by atoms with Gasteiger partial charge in [-0.15, -0.1) is 0 Å².